The van der Waals surface area contributed by atoms with Crippen molar-refractivity contribution in [2.45, 2.75) is 37.0 Å². The first-order chi connectivity index (χ1) is 15.7. The van der Waals surface area contributed by atoms with Crippen molar-refractivity contribution < 1.29 is 9.59 Å². The van der Waals surface area contributed by atoms with E-state index in [1.807, 2.05) is 29.2 Å². The topological polar surface area (TPSA) is 78.4 Å². The molecule has 1 N–H and O–H groups in total. The van der Waals surface area contributed by atoms with Gasteiger partial charge in [0.25, 0.3) is 5.91 Å². The van der Waals surface area contributed by atoms with Crippen LogP contribution in [0.3, 0.4) is 0 Å². The van der Waals surface area contributed by atoms with Gasteiger partial charge in [0.2, 0.25) is 5.91 Å². The largest absolute Gasteiger partial charge is 0.355 e. The van der Waals surface area contributed by atoms with Gasteiger partial charge in [-0.3, -0.25) is 14.6 Å². The van der Waals surface area contributed by atoms with E-state index in [2.05, 4.69) is 20.2 Å². The van der Waals surface area contributed by atoms with E-state index in [1.165, 1.54) is 43.9 Å². The van der Waals surface area contributed by atoms with Crippen molar-refractivity contribution in [1.82, 2.24) is 20.2 Å². The minimum absolute atomic E-state index is 0.0227. The maximum absolute atomic E-state index is 13.2. The van der Waals surface area contributed by atoms with Crippen LogP contribution in [0, 0.1) is 5.92 Å². The van der Waals surface area contributed by atoms with Crippen LogP contribution in [0.5, 0.6) is 0 Å². The molecular formula is C24H31N5O2S. The van der Waals surface area contributed by atoms with Gasteiger partial charge in [-0.2, -0.15) is 0 Å². The van der Waals surface area contributed by atoms with Crippen molar-refractivity contribution in [2.24, 2.45) is 5.92 Å². The van der Waals surface area contributed by atoms with Crippen LogP contribution in [0.15, 0.2) is 47.8 Å². The zero-order valence-corrected chi connectivity index (χ0v) is 19.2. The number of hydrogen-bond donors (Lipinski definition) is 1. The fraction of sp³-hybridized carbons (Fsp3) is 0.500. The molecule has 1 aliphatic carbocycles. The van der Waals surface area contributed by atoms with Crippen molar-refractivity contribution in [3.8, 4) is 0 Å². The molecule has 1 saturated carbocycles. The molecule has 0 atom stereocenters. The van der Waals surface area contributed by atoms with Crippen LogP contribution in [0.2, 0.25) is 0 Å². The van der Waals surface area contributed by atoms with E-state index in [-0.39, 0.29) is 11.8 Å². The van der Waals surface area contributed by atoms with Gasteiger partial charge >= 0.3 is 0 Å². The number of benzene rings is 1. The molecule has 2 aliphatic rings. The van der Waals surface area contributed by atoms with Gasteiger partial charge in [0.15, 0.2) is 0 Å². The third-order valence-corrected chi connectivity index (χ3v) is 7.30. The number of nitrogens with zero attached hydrogens (tertiary/aromatic N) is 4. The molecule has 2 aromatic rings. The molecule has 170 valence electrons. The van der Waals surface area contributed by atoms with E-state index >= 15 is 0 Å². The first-order valence-electron chi connectivity index (χ1n) is 11.5. The van der Waals surface area contributed by atoms with Gasteiger partial charge in [-0.05, 0) is 30.9 Å². The molecule has 7 nitrogen and oxygen atoms in total. The van der Waals surface area contributed by atoms with Gasteiger partial charge in [-0.1, -0.05) is 31.4 Å². The Morgan fingerprint density at radius 2 is 1.81 bits per heavy atom. The number of thioether (sulfide) groups is 1. The lowest BCUT2D eigenvalue weighted by atomic mass is 9.89. The van der Waals surface area contributed by atoms with Crippen LogP contribution in [0.25, 0.3) is 0 Å². The Hall–Kier alpha value is -2.61. The average Bonchev–Trinajstić information content (AvgIpc) is 2.87. The number of nitrogens with one attached hydrogen (secondary N) is 1. The minimum Gasteiger partial charge on any atom is -0.355 e. The molecule has 0 unspecified atom stereocenters. The monoisotopic (exact) mass is 453 g/mol. The molecule has 1 saturated heterocycles. The second-order valence-corrected chi connectivity index (χ2v) is 9.45. The summed E-state index contributed by atoms with van der Waals surface area (Å²) >= 11 is 1.44. The third-order valence-electron chi connectivity index (χ3n) is 6.23. The smallest absolute Gasteiger partial charge is 0.255 e. The molecule has 0 bridgehead atoms. The van der Waals surface area contributed by atoms with E-state index in [4.69, 9.17) is 0 Å². The van der Waals surface area contributed by atoms with Gasteiger partial charge in [0.1, 0.15) is 5.82 Å². The highest BCUT2D eigenvalue weighted by molar-refractivity contribution is 8.00. The molecule has 8 heteroatoms. The molecule has 2 heterocycles. The molecule has 0 radical (unpaired) electrons. The SMILES string of the molecule is O=C(CSc1ccccc1C(=O)N1CCN(c2cnccn2)CC1)NCC1CCCCC1. The van der Waals surface area contributed by atoms with E-state index in [1.54, 1.807) is 18.6 Å². The number of hydrogen-bond acceptors (Lipinski definition) is 6. The highest BCUT2D eigenvalue weighted by atomic mass is 32.2. The van der Waals surface area contributed by atoms with E-state index in [0.717, 1.165) is 30.3 Å². The summed E-state index contributed by atoms with van der Waals surface area (Å²) in [5, 5.41) is 3.08. The van der Waals surface area contributed by atoms with E-state index in [0.29, 0.717) is 30.3 Å². The Kier molecular flexibility index (Phi) is 7.98. The van der Waals surface area contributed by atoms with Gasteiger partial charge in [0, 0.05) is 50.0 Å². The standard InChI is InChI=1S/C24H31N5O2S/c30-23(27-16-19-6-2-1-3-7-19)18-32-21-9-5-4-8-20(21)24(31)29-14-12-28(13-15-29)22-17-25-10-11-26-22/h4-5,8-11,17,19H,1-3,6-7,12-16,18H2,(H,27,30). The van der Waals surface area contributed by atoms with Gasteiger partial charge in [0.05, 0.1) is 17.5 Å². The summed E-state index contributed by atoms with van der Waals surface area (Å²) in [7, 11) is 0. The van der Waals surface area contributed by atoms with Gasteiger partial charge < -0.3 is 15.1 Å². The third kappa shape index (κ3) is 6.00. The highest BCUT2D eigenvalue weighted by Crippen LogP contribution is 2.25. The zero-order chi connectivity index (χ0) is 22.2. The van der Waals surface area contributed by atoms with Crippen molar-refractivity contribution in [3.63, 3.8) is 0 Å². The summed E-state index contributed by atoms with van der Waals surface area (Å²) in [5.74, 6) is 1.86. The van der Waals surface area contributed by atoms with Crippen LogP contribution in [0.4, 0.5) is 5.82 Å². The maximum Gasteiger partial charge on any atom is 0.255 e. The second kappa shape index (κ2) is 11.3. The minimum atomic E-state index is 0.0227. The molecule has 1 aromatic heterocycles. The van der Waals surface area contributed by atoms with Crippen molar-refractivity contribution in [2.75, 3.05) is 43.4 Å². The summed E-state index contributed by atoms with van der Waals surface area (Å²) < 4.78 is 0. The average molecular weight is 454 g/mol. The molecule has 4 rings (SSSR count). The van der Waals surface area contributed by atoms with Crippen molar-refractivity contribution >= 4 is 29.4 Å². The first-order valence-corrected chi connectivity index (χ1v) is 12.5. The predicted molar refractivity (Wildman–Crippen MR) is 127 cm³/mol. The molecule has 32 heavy (non-hydrogen) atoms. The quantitative estimate of drug-likeness (QED) is 0.649. The zero-order valence-electron chi connectivity index (χ0n) is 18.4. The van der Waals surface area contributed by atoms with Crippen LogP contribution in [-0.4, -0.2) is 65.2 Å². The van der Waals surface area contributed by atoms with E-state index < -0.39 is 0 Å². The summed E-state index contributed by atoms with van der Waals surface area (Å²) in [4.78, 5) is 38.9. The van der Waals surface area contributed by atoms with Crippen LogP contribution in [0.1, 0.15) is 42.5 Å². The molecule has 0 spiro atoms. The van der Waals surface area contributed by atoms with Crippen molar-refractivity contribution in [3.05, 3.63) is 48.4 Å². The second-order valence-electron chi connectivity index (χ2n) is 8.44. The number of carbonyl (C=O) groups excluding carboxylic acids is 2. The lowest BCUT2D eigenvalue weighted by Gasteiger charge is -2.35. The Morgan fingerprint density at radius 3 is 2.56 bits per heavy atom. The van der Waals surface area contributed by atoms with Crippen LogP contribution >= 0.6 is 11.8 Å². The summed E-state index contributed by atoms with van der Waals surface area (Å²) in [6.45, 7) is 3.50. The Morgan fingerprint density at radius 1 is 1.03 bits per heavy atom. The van der Waals surface area contributed by atoms with Gasteiger partial charge in [-0.25, -0.2) is 4.98 Å². The van der Waals surface area contributed by atoms with Gasteiger partial charge in [-0.15, -0.1) is 11.8 Å². The number of rotatable bonds is 7. The first kappa shape index (κ1) is 22.6. The molecule has 1 aromatic carbocycles. The maximum atomic E-state index is 13.2. The summed E-state index contributed by atoms with van der Waals surface area (Å²) in [6, 6.07) is 7.60. The molecule has 2 fully saturated rings. The van der Waals surface area contributed by atoms with Crippen LogP contribution in [-0.2, 0) is 4.79 Å². The van der Waals surface area contributed by atoms with E-state index in [9.17, 15) is 9.59 Å². The fourth-order valence-electron chi connectivity index (χ4n) is 4.38. The lowest BCUT2D eigenvalue weighted by molar-refractivity contribution is -0.118. The fourth-order valence-corrected chi connectivity index (χ4v) is 5.25. The number of amides is 2. The number of piperazine rings is 1. The van der Waals surface area contributed by atoms with Crippen LogP contribution < -0.4 is 10.2 Å². The molecular weight excluding hydrogens is 422 g/mol. The number of carbonyl (C=O) groups is 2. The Labute approximate surface area is 194 Å². The number of anilines is 1. The Balaban J connectivity index is 1.29. The Bertz CT molecular complexity index is 896. The molecule has 2 amide bonds. The lowest BCUT2D eigenvalue weighted by Crippen LogP contribution is -2.49. The number of aromatic nitrogens is 2. The predicted octanol–water partition coefficient (Wildman–Crippen LogP) is 3.23. The molecule has 1 aliphatic heterocycles. The normalized spacial score (nSPS) is 17.2. The highest BCUT2D eigenvalue weighted by Gasteiger charge is 2.24. The van der Waals surface area contributed by atoms with Crippen molar-refractivity contribution in [1.29, 1.82) is 0 Å². The summed E-state index contributed by atoms with van der Waals surface area (Å²) in [5.41, 5.74) is 0.672. The summed E-state index contributed by atoms with van der Waals surface area (Å²) in [6.07, 6.45) is 11.4.